The predicted molar refractivity (Wildman–Crippen MR) is 73.5 cm³/mol. The molecule has 0 aliphatic heterocycles. The van der Waals surface area contributed by atoms with Crippen LogP contribution in [0.1, 0.15) is 47.8 Å². The largest absolute Gasteiger partial charge is 0.279 e. The molecule has 1 heterocycles. The molecule has 0 aliphatic carbocycles. The number of nitrogens with one attached hydrogen (secondary N) is 2. The van der Waals surface area contributed by atoms with Crippen LogP contribution in [-0.4, -0.2) is 11.8 Å². The minimum Gasteiger partial charge on any atom is -0.273 e. The van der Waals surface area contributed by atoms with E-state index in [9.17, 15) is 9.59 Å². The maximum Gasteiger partial charge on any atom is 0.279 e. The average Bonchev–Trinajstić information content (AvgIpc) is 2.65. The van der Waals surface area contributed by atoms with Gasteiger partial charge >= 0.3 is 0 Å². The summed E-state index contributed by atoms with van der Waals surface area (Å²) in [7, 11) is 0. The van der Waals surface area contributed by atoms with Crippen molar-refractivity contribution in [3.63, 3.8) is 0 Å². The molecule has 0 aromatic carbocycles. The summed E-state index contributed by atoms with van der Waals surface area (Å²) in [5.74, 6) is -0.472. The number of hydrogen-bond donors (Lipinski definition) is 2. The second-order valence-corrected chi connectivity index (χ2v) is 6.37. The lowest BCUT2D eigenvalue weighted by molar-refractivity contribution is -0.129. The van der Waals surface area contributed by atoms with Crippen LogP contribution < -0.4 is 10.9 Å². The minimum absolute atomic E-state index is 0.208. The summed E-state index contributed by atoms with van der Waals surface area (Å²) >= 11 is 1.46. The Bertz CT molecular complexity index is 458. The van der Waals surface area contributed by atoms with Crippen LogP contribution in [-0.2, 0) is 11.2 Å². The first kappa shape index (κ1) is 14.7. The van der Waals surface area contributed by atoms with Crippen molar-refractivity contribution in [2.45, 2.75) is 41.0 Å². The van der Waals surface area contributed by atoms with E-state index >= 15 is 0 Å². The van der Waals surface area contributed by atoms with Gasteiger partial charge in [0.15, 0.2) is 0 Å². The smallest absolute Gasteiger partial charge is 0.273 e. The van der Waals surface area contributed by atoms with Gasteiger partial charge in [-0.15, -0.1) is 11.3 Å². The Morgan fingerprint density at radius 3 is 2.33 bits per heavy atom. The number of carbonyl (C=O) groups is 2. The zero-order valence-electron chi connectivity index (χ0n) is 11.5. The highest BCUT2D eigenvalue weighted by atomic mass is 32.1. The van der Waals surface area contributed by atoms with E-state index in [1.54, 1.807) is 20.8 Å². The third kappa shape index (κ3) is 3.57. The van der Waals surface area contributed by atoms with E-state index in [-0.39, 0.29) is 11.8 Å². The summed E-state index contributed by atoms with van der Waals surface area (Å²) in [5.41, 5.74) is 5.48. The third-order valence-corrected chi connectivity index (χ3v) is 3.92. The first-order chi connectivity index (χ1) is 8.25. The van der Waals surface area contributed by atoms with Crippen LogP contribution >= 0.6 is 11.3 Å². The molecular weight excluding hydrogens is 248 g/mol. The molecule has 0 aliphatic rings. The predicted octanol–water partition coefficient (Wildman–Crippen LogP) is 2.43. The van der Waals surface area contributed by atoms with Gasteiger partial charge in [0.2, 0.25) is 5.91 Å². The van der Waals surface area contributed by atoms with Gasteiger partial charge < -0.3 is 0 Å². The summed E-state index contributed by atoms with van der Waals surface area (Å²) in [6.07, 6.45) is 0.915. The summed E-state index contributed by atoms with van der Waals surface area (Å²) < 4.78 is 0. The van der Waals surface area contributed by atoms with E-state index in [1.165, 1.54) is 16.2 Å². The van der Waals surface area contributed by atoms with Gasteiger partial charge in [-0.3, -0.25) is 20.4 Å². The highest BCUT2D eigenvalue weighted by Gasteiger charge is 2.22. The summed E-state index contributed by atoms with van der Waals surface area (Å²) in [4.78, 5) is 25.3. The normalized spacial score (nSPS) is 11.2. The number of carbonyl (C=O) groups excluding carboxylic acids is 2. The summed E-state index contributed by atoms with van der Waals surface area (Å²) in [5, 5.41) is 0. The maximum absolute atomic E-state index is 11.8. The molecule has 2 amide bonds. The molecular formula is C13H20N2O2S. The molecule has 1 aromatic heterocycles. The Labute approximate surface area is 112 Å². The molecule has 0 bridgehead atoms. The second-order valence-electron chi connectivity index (χ2n) is 5.23. The van der Waals surface area contributed by atoms with Gasteiger partial charge in [-0.1, -0.05) is 27.7 Å². The number of hydrazine groups is 1. The number of rotatable bonds is 2. The number of aryl methyl sites for hydroxylation is 2. The molecule has 0 spiro atoms. The first-order valence-corrected chi connectivity index (χ1v) is 6.77. The quantitative estimate of drug-likeness (QED) is 0.809. The first-order valence-electron chi connectivity index (χ1n) is 5.95. The van der Waals surface area contributed by atoms with Crippen LogP contribution in [0.2, 0.25) is 0 Å². The fourth-order valence-corrected chi connectivity index (χ4v) is 2.35. The molecule has 4 nitrogen and oxygen atoms in total. The van der Waals surface area contributed by atoms with Crippen molar-refractivity contribution in [2.75, 3.05) is 0 Å². The van der Waals surface area contributed by atoms with Crippen LogP contribution in [0, 0.1) is 12.3 Å². The van der Waals surface area contributed by atoms with Crippen LogP contribution in [0.5, 0.6) is 0 Å². The lowest BCUT2D eigenvalue weighted by Crippen LogP contribution is -2.46. The van der Waals surface area contributed by atoms with E-state index in [4.69, 9.17) is 0 Å². The molecule has 0 radical (unpaired) electrons. The van der Waals surface area contributed by atoms with Gasteiger partial charge in [0.25, 0.3) is 5.91 Å². The van der Waals surface area contributed by atoms with Gasteiger partial charge in [0, 0.05) is 10.3 Å². The van der Waals surface area contributed by atoms with Crippen molar-refractivity contribution < 1.29 is 9.59 Å². The van der Waals surface area contributed by atoms with Gasteiger partial charge in [-0.2, -0.15) is 0 Å². The fraction of sp³-hybridized carbons (Fsp3) is 0.538. The van der Waals surface area contributed by atoms with Gasteiger partial charge in [0.1, 0.15) is 0 Å². The summed E-state index contributed by atoms with van der Waals surface area (Å²) in [6.45, 7) is 9.42. The maximum atomic E-state index is 11.8. The molecule has 1 aromatic rings. The number of thiophene rings is 1. The lowest BCUT2D eigenvalue weighted by Gasteiger charge is -2.17. The molecule has 0 saturated heterocycles. The van der Waals surface area contributed by atoms with Crippen LogP contribution in [0.4, 0.5) is 0 Å². The topological polar surface area (TPSA) is 58.2 Å². The Morgan fingerprint density at radius 1 is 1.28 bits per heavy atom. The average molecular weight is 268 g/mol. The number of hydrogen-bond acceptors (Lipinski definition) is 3. The van der Waals surface area contributed by atoms with Gasteiger partial charge in [0.05, 0.1) is 4.88 Å². The molecule has 0 atom stereocenters. The van der Waals surface area contributed by atoms with E-state index < -0.39 is 5.41 Å². The minimum atomic E-state index is -0.521. The van der Waals surface area contributed by atoms with Crippen LogP contribution in [0.3, 0.4) is 0 Å². The van der Waals surface area contributed by atoms with E-state index in [2.05, 4.69) is 17.8 Å². The summed E-state index contributed by atoms with van der Waals surface area (Å²) in [6, 6.07) is 1.85. The SMILES string of the molecule is CCc1sc(C(=O)NNC(=O)C(C)(C)C)cc1C. The Balaban J connectivity index is 2.63. The Kier molecular flexibility index (Phi) is 4.51. The zero-order chi connectivity index (χ0) is 13.9. The highest BCUT2D eigenvalue weighted by Crippen LogP contribution is 2.22. The monoisotopic (exact) mass is 268 g/mol. The van der Waals surface area contributed by atoms with Crippen molar-refractivity contribution in [3.8, 4) is 0 Å². The molecule has 0 fully saturated rings. The Morgan fingerprint density at radius 2 is 1.89 bits per heavy atom. The number of amides is 2. The molecule has 1 rings (SSSR count). The second kappa shape index (κ2) is 5.52. The molecule has 100 valence electrons. The Hall–Kier alpha value is -1.36. The lowest BCUT2D eigenvalue weighted by atomic mass is 9.96. The van der Waals surface area contributed by atoms with Crippen LogP contribution in [0.25, 0.3) is 0 Å². The van der Waals surface area contributed by atoms with Crippen molar-refractivity contribution >= 4 is 23.2 Å². The van der Waals surface area contributed by atoms with Crippen LogP contribution in [0.15, 0.2) is 6.07 Å². The fourth-order valence-electron chi connectivity index (χ4n) is 1.35. The van der Waals surface area contributed by atoms with Crippen molar-refractivity contribution in [1.29, 1.82) is 0 Å². The van der Waals surface area contributed by atoms with E-state index in [0.717, 1.165) is 12.0 Å². The van der Waals surface area contributed by atoms with Crippen molar-refractivity contribution in [3.05, 3.63) is 21.4 Å². The standard InChI is InChI=1S/C13H20N2O2S/c1-6-9-8(2)7-10(18-9)11(16)14-15-12(17)13(3,4)5/h7H,6H2,1-5H3,(H,14,16)(H,15,17). The molecule has 18 heavy (non-hydrogen) atoms. The molecule has 0 saturated carbocycles. The van der Waals surface area contributed by atoms with E-state index in [0.29, 0.717) is 4.88 Å². The third-order valence-electron chi connectivity index (χ3n) is 2.54. The van der Waals surface area contributed by atoms with Gasteiger partial charge in [-0.05, 0) is 25.0 Å². The van der Waals surface area contributed by atoms with Gasteiger partial charge in [-0.25, -0.2) is 0 Å². The van der Waals surface area contributed by atoms with Crippen molar-refractivity contribution in [2.24, 2.45) is 5.41 Å². The highest BCUT2D eigenvalue weighted by molar-refractivity contribution is 7.14. The zero-order valence-corrected chi connectivity index (χ0v) is 12.3. The molecule has 2 N–H and O–H groups in total. The van der Waals surface area contributed by atoms with E-state index in [1.807, 2.05) is 13.0 Å². The molecule has 0 unspecified atom stereocenters. The molecule has 5 heteroatoms. The van der Waals surface area contributed by atoms with Crippen molar-refractivity contribution in [1.82, 2.24) is 10.9 Å².